The molecule has 3 aliphatic heterocycles. The van der Waals surface area contributed by atoms with Crippen LogP contribution in [0.4, 0.5) is 19.0 Å². The first kappa shape index (κ1) is 16.6. The Morgan fingerprint density at radius 3 is 2.40 bits per heavy atom. The van der Waals surface area contributed by atoms with Crippen LogP contribution in [0, 0.1) is 17.8 Å². The summed E-state index contributed by atoms with van der Waals surface area (Å²) in [7, 11) is 0. The molecule has 0 aliphatic carbocycles. The lowest BCUT2D eigenvalue weighted by molar-refractivity contribution is -0.138. The van der Waals surface area contributed by atoms with E-state index in [1.165, 1.54) is 6.07 Å². The number of rotatable bonds is 2. The molecule has 3 unspecified atom stereocenters. The normalized spacial score (nSPS) is 29.3. The summed E-state index contributed by atoms with van der Waals surface area (Å²) in [6.45, 7) is 4.08. The van der Waals surface area contributed by atoms with Crippen LogP contribution in [0.1, 0.15) is 12.0 Å². The highest BCUT2D eigenvalue weighted by molar-refractivity contribution is 5.79. The first-order chi connectivity index (χ1) is 11.9. The maximum atomic E-state index is 12.6. The van der Waals surface area contributed by atoms with Gasteiger partial charge in [0.25, 0.3) is 0 Å². The Labute approximate surface area is 143 Å². The van der Waals surface area contributed by atoms with Crippen molar-refractivity contribution in [1.29, 1.82) is 0 Å². The van der Waals surface area contributed by atoms with Crippen molar-refractivity contribution in [1.82, 2.24) is 9.88 Å². The highest BCUT2D eigenvalue weighted by Crippen LogP contribution is 2.35. The van der Waals surface area contributed by atoms with E-state index in [2.05, 4.69) is 4.98 Å². The van der Waals surface area contributed by atoms with Crippen molar-refractivity contribution in [3.05, 3.63) is 23.9 Å². The number of carbonyl (C=O) groups excluding carboxylic acids is 1. The van der Waals surface area contributed by atoms with Gasteiger partial charge in [-0.25, -0.2) is 4.98 Å². The van der Waals surface area contributed by atoms with Crippen molar-refractivity contribution >= 4 is 11.7 Å². The van der Waals surface area contributed by atoms with Crippen LogP contribution in [-0.4, -0.2) is 55.2 Å². The van der Waals surface area contributed by atoms with Crippen LogP contribution in [0.2, 0.25) is 0 Å². The zero-order chi connectivity index (χ0) is 17.6. The van der Waals surface area contributed by atoms with Gasteiger partial charge in [0.15, 0.2) is 0 Å². The first-order valence-electron chi connectivity index (χ1n) is 8.56. The Balaban J connectivity index is 1.37. The highest BCUT2D eigenvalue weighted by atomic mass is 19.4. The number of hydrogen-bond acceptors (Lipinski definition) is 4. The minimum absolute atomic E-state index is 0.00786. The molecule has 0 aromatic carbocycles. The fourth-order valence-electron chi connectivity index (χ4n) is 4.09. The number of ether oxygens (including phenoxy) is 1. The Bertz CT molecular complexity index is 630. The molecule has 1 aromatic rings. The molecule has 3 fully saturated rings. The van der Waals surface area contributed by atoms with Crippen LogP contribution < -0.4 is 4.90 Å². The van der Waals surface area contributed by atoms with Gasteiger partial charge in [-0.15, -0.1) is 0 Å². The Morgan fingerprint density at radius 1 is 1.16 bits per heavy atom. The maximum absolute atomic E-state index is 12.6. The van der Waals surface area contributed by atoms with Crippen molar-refractivity contribution in [2.24, 2.45) is 17.8 Å². The van der Waals surface area contributed by atoms with Gasteiger partial charge in [-0.2, -0.15) is 13.2 Å². The van der Waals surface area contributed by atoms with Gasteiger partial charge in [-0.1, -0.05) is 0 Å². The van der Waals surface area contributed by atoms with E-state index in [9.17, 15) is 18.0 Å². The third kappa shape index (κ3) is 3.19. The van der Waals surface area contributed by atoms with Crippen molar-refractivity contribution in [2.75, 3.05) is 44.3 Å². The van der Waals surface area contributed by atoms with Gasteiger partial charge in [0.05, 0.1) is 18.1 Å². The second-order valence-corrected chi connectivity index (χ2v) is 7.13. The molecule has 0 radical (unpaired) electrons. The van der Waals surface area contributed by atoms with Gasteiger partial charge in [0, 0.05) is 50.8 Å². The summed E-state index contributed by atoms with van der Waals surface area (Å²) in [5, 5.41) is 0. The van der Waals surface area contributed by atoms with Gasteiger partial charge < -0.3 is 14.5 Å². The van der Waals surface area contributed by atoms with Crippen LogP contribution >= 0.6 is 0 Å². The molecule has 25 heavy (non-hydrogen) atoms. The fraction of sp³-hybridized carbons (Fsp3) is 0.647. The van der Waals surface area contributed by atoms with Crippen LogP contribution in [0.25, 0.3) is 0 Å². The van der Waals surface area contributed by atoms with E-state index in [1.54, 1.807) is 0 Å². The van der Waals surface area contributed by atoms with Gasteiger partial charge in [-0.05, 0) is 18.6 Å². The lowest BCUT2D eigenvalue weighted by Gasteiger charge is -2.24. The summed E-state index contributed by atoms with van der Waals surface area (Å²) in [5.41, 5.74) is -0.730. The third-order valence-corrected chi connectivity index (χ3v) is 5.48. The number of likely N-dealkylation sites (tertiary alicyclic amines) is 1. The van der Waals surface area contributed by atoms with Gasteiger partial charge in [0.1, 0.15) is 5.82 Å². The lowest BCUT2D eigenvalue weighted by atomic mass is 10.0. The Hall–Kier alpha value is -1.83. The topological polar surface area (TPSA) is 45.7 Å². The molecule has 4 rings (SSSR count). The zero-order valence-corrected chi connectivity index (χ0v) is 13.7. The van der Waals surface area contributed by atoms with Crippen molar-refractivity contribution < 1.29 is 22.7 Å². The number of alkyl halides is 3. The van der Waals surface area contributed by atoms with E-state index in [4.69, 9.17) is 4.74 Å². The second-order valence-electron chi connectivity index (χ2n) is 7.13. The molecule has 1 aromatic heterocycles. The van der Waals surface area contributed by atoms with Gasteiger partial charge in [-0.3, -0.25) is 4.79 Å². The van der Waals surface area contributed by atoms with Crippen molar-refractivity contribution in [2.45, 2.75) is 12.6 Å². The molecule has 3 atom stereocenters. The first-order valence-corrected chi connectivity index (χ1v) is 8.56. The van der Waals surface area contributed by atoms with E-state index in [0.717, 1.165) is 44.9 Å². The molecule has 0 bridgehead atoms. The highest BCUT2D eigenvalue weighted by Gasteiger charge is 2.43. The molecule has 8 heteroatoms. The predicted octanol–water partition coefficient (Wildman–Crippen LogP) is 2.03. The molecule has 4 heterocycles. The standard InChI is InChI=1S/C17H20F3N3O2/c18-17(19,20)14-1-2-15(21-5-14)22-6-12-8-23(9-13(12)7-22)16(24)11-3-4-25-10-11/h1-2,5,11-13H,3-4,6-10H2. The number of anilines is 1. The number of carbonyl (C=O) groups is 1. The summed E-state index contributed by atoms with van der Waals surface area (Å²) >= 11 is 0. The van der Waals surface area contributed by atoms with E-state index >= 15 is 0 Å². The van der Waals surface area contributed by atoms with Crippen LogP contribution in [0.3, 0.4) is 0 Å². The van der Waals surface area contributed by atoms with Gasteiger partial charge >= 0.3 is 6.18 Å². The van der Waals surface area contributed by atoms with Crippen LogP contribution in [-0.2, 0) is 15.7 Å². The number of fused-ring (bicyclic) bond motifs is 1. The quantitative estimate of drug-likeness (QED) is 0.814. The molecule has 136 valence electrons. The van der Waals surface area contributed by atoms with E-state index in [-0.39, 0.29) is 11.8 Å². The largest absolute Gasteiger partial charge is 0.417 e. The minimum atomic E-state index is -4.36. The van der Waals surface area contributed by atoms with E-state index in [1.807, 2.05) is 9.80 Å². The number of halogens is 3. The molecular formula is C17H20F3N3O2. The monoisotopic (exact) mass is 355 g/mol. The van der Waals surface area contributed by atoms with E-state index in [0.29, 0.717) is 30.9 Å². The fourth-order valence-corrected chi connectivity index (χ4v) is 4.09. The molecule has 3 saturated heterocycles. The number of aromatic nitrogens is 1. The zero-order valence-electron chi connectivity index (χ0n) is 13.7. The minimum Gasteiger partial charge on any atom is -0.381 e. The molecule has 0 spiro atoms. The Kier molecular flexibility index (Phi) is 4.10. The molecule has 1 amide bonds. The summed E-state index contributed by atoms with van der Waals surface area (Å²) < 4.78 is 43.2. The number of nitrogens with zero attached hydrogens (tertiary/aromatic N) is 3. The average Bonchev–Trinajstić information content (AvgIpc) is 3.29. The summed E-state index contributed by atoms with van der Waals surface area (Å²) in [6, 6.07) is 2.51. The molecule has 0 N–H and O–H groups in total. The second kappa shape index (κ2) is 6.16. The third-order valence-electron chi connectivity index (χ3n) is 5.48. The smallest absolute Gasteiger partial charge is 0.381 e. The van der Waals surface area contributed by atoms with Gasteiger partial charge in [0.2, 0.25) is 5.91 Å². The summed E-state index contributed by atoms with van der Waals surface area (Å²) in [4.78, 5) is 20.4. The van der Waals surface area contributed by atoms with E-state index < -0.39 is 11.7 Å². The number of pyridine rings is 1. The lowest BCUT2D eigenvalue weighted by Crippen LogP contribution is -2.37. The predicted molar refractivity (Wildman–Crippen MR) is 83.9 cm³/mol. The summed E-state index contributed by atoms with van der Waals surface area (Å²) in [5.74, 6) is 1.47. The number of hydrogen-bond donors (Lipinski definition) is 0. The molecule has 5 nitrogen and oxygen atoms in total. The van der Waals surface area contributed by atoms with Crippen molar-refractivity contribution in [3.8, 4) is 0 Å². The maximum Gasteiger partial charge on any atom is 0.417 e. The number of amides is 1. The van der Waals surface area contributed by atoms with Crippen LogP contribution in [0.5, 0.6) is 0 Å². The average molecular weight is 355 g/mol. The SMILES string of the molecule is O=C(C1CCOC1)N1CC2CN(c3ccc(C(F)(F)F)cn3)CC2C1. The van der Waals surface area contributed by atoms with Crippen LogP contribution in [0.15, 0.2) is 18.3 Å². The Morgan fingerprint density at radius 2 is 1.88 bits per heavy atom. The molecule has 0 saturated carbocycles. The van der Waals surface area contributed by atoms with Crippen molar-refractivity contribution in [3.63, 3.8) is 0 Å². The molecule has 3 aliphatic rings. The summed E-state index contributed by atoms with van der Waals surface area (Å²) in [6.07, 6.45) is -2.68. The molecular weight excluding hydrogens is 335 g/mol.